The molecule has 132 valence electrons. The lowest BCUT2D eigenvalue weighted by molar-refractivity contribution is 0.262. The fourth-order valence-electron chi connectivity index (χ4n) is 3.91. The second kappa shape index (κ2) is 6.76. The van der Waals surface area contributed by atoms with Gasteiger partial charge in [-0.25, -0.2) is 4.79 Å². The standard InChI is InChI=1S/C18H23N5O2/c24-10-9-22-8-7-17(21-22)20-18(25)19-14-2-5-15(6-3-14)23-12-13-1-4-16(23)11-13/h2-3,5-8,13,16,24H,1,4,9-12H2,(H2,19,20,21,25). The van der Waals surface area contributed by atoms with Gasteiger partial charge in [0.25, 0.3) is 0 Å². The normalized spacial score (nSPS) is 21.6. The Morgan fingerprint density at radius 2 is 2.04 bits per heavy atom. The highest BCUT2D eigenvalue weighted by molar-refractivity contribution is 5.99. The zero-order chi connectivity index (χ0) is 17.2. The van der Waals surface area contributed by atoms with Crippen LogP contribution < -0.4 is 15.5 Å². The summed E-state index contributed by atoms with van der Waals surface area (Å²) in [7, 11) is 0. The first-order valence-electron chi connectivity index (χ1n) is 8.80. The van der Waals surface area contributed by atoms with E-state index in [0.29, 0.717) is 18.4 Å². The Balaban J connectivity index is 1.33. The van der Waals surface area contributed by atoms with E-state index in [0.717, 1.165) is 18.2 Å². The molecule has 2 amide bonds. The number of aliphatic hydroxyl groups is 1. The molecule has 0 spiro atoms. The summed E-state index contributed by atoms with van der Waals surface area (Å²) >= 11 is 0. The third kappa shape index (κ3) is 3.46. The maximum atomic E-state index is 12.1. The zero-order valence-electron chi connectivity index (χ0n) is 14.1. The summed E-state index contributed by atoms with van der Waals surface area (Å²) in [4.78, 5) is 14.6. The smallest absolute Gasteiger partial charge is 0.324 e. The monoisotopic (exact) mass is 341 g/mol. The molecular formula is C18H23N5O2. The third-order valence-electron chi connectivity index (χ3n) is 5.08. The molecule has 7 heteroatoms. The average molecular weight is 341 g/mol. The minimum Gasteiger partial charge on any atom is -0.394 e. The highest BCUT2D eigenvalue weighted by atomic mass is 16.3. The van der Waals surface area contributed by atoms with Crippen molar-refractivity contribution in [2.24, 2.45) is 5.92 Å². The average Bonchev–Trinajstić information content (AvgIpc) is 3.33. The molecule has 2 atom stereocenters. The lowest BCUT2D eigenvalue weighted by Gasteiger charge is -2.29. The third-order valence-corrected chi connectivity index (χ3v) is 5.08. The van der Waals surface area contributed by atoms with Gasteiger partial charge in [0.05, 0.1) is 13.2 Å². The maximum Gasteiger partial charge on any atom is 0.324 e. The van der Waals surface area contributed by atoms with Crippen molar-refractivity contribution in [1.29, 1.82) is 0 Å². The first-order valence-corrected chi connectivity index (χ1v) is 8.80. The van der Waals surface area contributed by atoms with Gasteiger partial charge in [-0.1, -0.05) is 0 Å². The molecular weight excluding hydrogens is 318 g/mol. The van der Waals surface area contributed by atoms with Crippen LogP contribution in [-0.4, -0.2) is 40.1 Å². The van der Waals surface area contributed by atoms with E-state index < -0.39 is 0 Å². The summed E-state index contributed by atoms with van der Waals surface area (Å²) in [6.07, 6.45) is 5.71. The topological polar surface area (TPSA) is 82.4 Å². The number of nitrogens with one attached hydrogen (secondary N) is 2. The Bertz CT molecular complexity index is 742. The van der Waals surface area contributed by atoms with Crippen LogP contribution in [0.3, 0.4) is 0 Å². The largest absolute Gasteiger partial charge is 0.394 e. The number of piperidine rings is 1. The fourth-order valence-corrected chi connectivity index (χ4v) is 3.91. The van der Waals surface area contributed by atoms with E-state index in [9.17, 15) is 4.79 Å². The summed E-state index contributed by atoms with van der Waals surface area (Å²) < 4.78 is 1.58. The molecule has 25 heavy (non-hydrogen) atoms. The molecule has 2 fully saturated rings. The van der Waals surface area contributed by atoms with Gasteiger partial charge in [0.15, 0.2) is 5.82 Å². The number of nitrogens with zero attached hydrogens (tertiary/aromatic N) is 3. The summed E-state index contributed by atoms with van der Waals surface area (Å²) in [6, 6.07) is 10.1. The predicted molar refractivity (Wildman–Crippen MR) is 96.9 cm³/mol. The van der Waals surface area contributed by atoms with Crippen LogP contribution in [0.15, 0.2) is 36.5 Å². The number of carbonyl (C=O) groups is 1. The van der Waals surface area contributed by atoms with Crippen LogP contribution in [0, 0.1) is 5.92 Å². The van der Waals surface area contributed by atoms with Crippen molar-refractivity contribution in [3.05, 3.63) is 36.5 Å². The second-order valence-electron chi connectivity index (χ2n) is 6.80. The highest BCUT2D eigenvalue weighted by Crippen LogP contribution is 2.40. The molecule has 2 bridgehead atoms. The molecule has 1 aromatic heterocycles. The number of anilines is 3. The number of rotatable bonds is 5. The van der Waals surface area contributed by atoms with Gasteiger partial charge in [0, 0.05) is 36.2 Å². The molecule has 2 heterocycles. The van der Waals surface area contributed by atoms with E-state index in [-0.39, 0.29) is 12.6 Å². The summed E-state index contributed by atoms with van der Waals surface area (Å²) in [6.45, 7) is 1.58. The lowest BCUT2D eigenvalue weighted by Crippen LogP contribution is -2.31. The van der Waals surface area contributed by atoms with Crippen molar-refractivity contribution in [1.82, 2.24) is 9.78 Å². The quantitative estimate of drug-likeness (QED) is 0.780. The van der Waals surface area contributed by atoms with E-state index in [1.165, 1.54) is 24.9 Å². The van der Waals surface area contributed by atoms with Gasteiger partial charge in [0.1, 0.15) is 0 Å². The van der Waals surface area contributed by atoms with E-state index in [1.807, 2.05) is 12.1 Å². The van der Waals surface area contributed by atoms with Gasteiger partial charge in [0.2, 0.25) is 0 Å². The molecule has 1 saturated carbocycles. The highest BCUT2D eigenvalue weighted by Gasteiger charge is 2.37. The molecule has 1 aromatic carbocycles. The lowest BCUT2D eigenvalue weighted by atomic mass is 10.1. The molecule has 1 aliphatic carbocycles. The zero-order valence-corrected chi connectivity index (χ0v) is 14.1. The number of carbonyl (C=O) groups excluding carboxylic acids is 1. The number of benzene rings is 1. The molecule has 7 nitrogen and oxygen atoms in total. The van der Waals surface area contributed by atoms with E-state index >= 15 is 0 Å². The molecule has 3 N–H and O–H groups in total. The Morgan fingerprint density at radius 1 is 1.20 bits per heavy atom. The van der Waals surface area contributed by atoms with Crippen LogP contribution in [-0.2, 0) is 6.54 Å². The van der Waals surface area contributed by atoms with Crippen molar-refractivity contribution in [3.8, 4) is 0 Å². The number of aliphatic hydroxyl groups excluding tert-OH is 1. The van der Waals surface area contributed by atoms with Gasteiger partial charge in [-0.05, 0) is 49.4 Å². The first-order chi connectivity index (χ1) is 12.2. The number of fused-ring (bicyclic) bond motifs is 2. The second-order valence-corrected chi connectivity index (χ2v) is 6.80. The van der Waals surface area contributed by atoms with E-state index in [2.05, 4.69) is 32.8 Å². The van der Waals surface area contributed by atoms with Crippen LogP contribution in [0.1, 0.15) is 19.3 Å². The summed E-state index contributed by atoms with van der Waals surface area (Å²) in [5, 5.41) is 18.5. The minimum absolute atomic E-state index is 0.0122. The SMILES string of the molecule is O=C(Nc1ccc(N2CC3CCC2C3)cc1)Nc1ccn(CCO)n1. The minimum atomic E-state index is -0.331. The number of urea groups is 1. The predicted octanol–water partition coefficient (Wildman–Crippen LogP) is 2.51. The molecule has 4 rings (SSSR count). The number of aromatic nitrogens is 2. The summed E-state index contributed by atoms with van der Waals surface area (Å²) in [5.74, 6) is 1.31. The van der Waals surface area contributed by atoms with Gasteiger partial charge in [-0.15, -0.1) is 0 Å². The van der Waals surface area contributed by atoms with Crippen molar-refractivity contribution in [2.75, 3.05) is 28.7 Å². The van der Waals surface area contributed by atoms with Gasteiger partial charge >= 0.3 is 6.03 Å². The van der Waals surface area contributed by atoms with E-state index in [4.69, 9.17) is 5.11 Å². The number of hydrogen-bond acceptors (Lipinski definition) is 4. The Hall–Kier alpha value is -2.54. The van der Waals surface area contributed by atoms with Crippen molar-refractivity contribution in [2.45, 2.75) is 31.8 Å². The van der Waals surface area contributed by atoms with Crippen molar-refractivity contribution in [3.63, 3.8) is 0 Å². The molecule has 1 aliphatic heterocycles. The van der Waals surface area contributed by atoms with Crippen molar-refractivity contribution < 1.29 is 9.90 Å². The Kier molecular flexibility index (Phi) is 4.31. The Morgan fingerprint density at radius 3 is 2.72 bits per heavy atom. The first kappa shape index (κ1) is 16.0. The van der Waals surface area contributed by atoms with Gasteiger partial charge in [-0.2, -0.15) is 5.10 Å². The maximum absolute atomic E-state index is 12.1. The van der Waals surface area contributed by atoms with E-state index in [1.54, 1.807) is 16.9 Å². The van der Waals surface area contributed by atoms with Gasteiger partial charge in [-0.3, -0.25) is 10.00 Å². The van der Waals surface area contributed by atoms with Gasteiger partial charge < -0.3 is 15.3 Å². The van der Waals surface area contributed by atoms with Crippen molar-refractivity contribution >= 4 is 23.2 Å². The molecule has 0 radical (unpaired) electrons. The van der Waals surface area contributed by atoms with Crippen LogP contribution in [0.2, 0.25) is 0 Å². The number of amides is 2. The molecule has 2 aliphatic rings. The van der Waals surface area contributed by atoms with Crippen LogP contribution >= 0.6 is 0 Å². The fraction of sp³-hybridized carbons (Fsp3) is 0.444. The number of hydrogen-bond donors (Lipinski definition) is 3. The Labute approximate surface area is 146 Å². The summed E-state index contributed by atoms with van der Waals surface area (Å²) in [5.41, 5.74) is 1.99. The van der Waals surface area contributed by atoms with Crippen LogP contribution in [0.25, 0.3) is 0 Å². The van der Waals surface area contributed by atoms with Crippen LogP contribution in [0.5, 0.6) is 0 Å². The molecule has 2 unspecified atom stereocenters. The molecule has 2 aromatic rings. The molecule has 1 saturated heterocycles. The van der Waals surface area contributed by atoms with Crippen LogP contribution in [0.4, 0.5) is 22.0 Å².